The largest absolute Gasteiger partial charge is 0.309 e. The van der Waals surface area contributed by atoms with Gasteiger partial charge in [0, 0.05) is 102 Å². The van der Waals surface area contributed by atoms with Gasteiger partial charge in [-0.05, 0) is 184 Å². The first-order chi connectivity index (χ1) is 64.7. The zero-order valence-electron chi connectivity index (χ0n) is 72.8. The minimum Gasteiger partial charge on any atom is -0.309 e. The number of carbonyl (C=O) groups excluding carboxylic acids is 2. The first-order valence-electron chi connectivity index (χ1n) is 43.9. The summed E-state index contributed by atoms with van der Waals surface area (Å²) in [6.07, 6.45) is 13.6. The maximum Gasteiger partial charge on any atom is 0.0715 e. The van der Waals surface area contributed by atoms with Crippen molar-refractivity contribution in [2.45, 2.75) is 66.5 Å². The first-order valence-corrected chi connectivity index (χ1v) is 50.1. The van der Waals surface area contributed by atoms with Crippen molar-refractivity contribution in [2.24, 2.45) is 11.7 Å². The minimum atomic E-state index is 0. The van der Waals surface area contributed by atoms with Crippen molar-refractivity contribution in [3.05, 3.63) is 489 Å². The molecule has 5 aromatic heterocycles. The predicted molar refractivity (Wildman–Crippen MR) is 582 cm³/mol. The van der Waals surface area contributed by atoms with Gasteiger partial charge >= 0.3 is 33.1 Å². The topological polar surface area (TPSA) is 99.7 Å². The summed E-state index contributed by atoms with van der Waals surface area (Å²) < 4.78 is 10.7. The van der Waals surface area contributed by atoms with Gasteiger partial charge in [0.15, 0.2) is 18.2 Å². The Balaban J connectivity index is 0.000000152. The fourth-order valence-corrected chi connectivity index (χ4v) is 19.6. The Morgan fingerprint density at radius 2 is 0.681 bits per heavy atom. The Bertz CT molecular complexity index is 6930. The number of aromatic nitrogens is 5. The summed E-state index contributed by atoms with van der Waals surface area (Å²) >= 11 is 19.9. The van der Waals surface area contributed by atoms with Crippen LogP contribution in [0.4, 0.5) is 0 Å². The molecular weight excluding hydrogens is 2150 g/mol. The molecule has 5 heterocycles. The van der Waals surface area contributed by atoms with Gasteiger partial charge < -0.3 is 31.8 Å². The molecule has 0 spiro atoms. The summed E-state index contributed by atoms with van der Waals surface area (Å²) in [6, 6.07) is 147. The molecule has 2 aliphatic rings. The fourth-order valence-electron chi connectivity index (χ4n) is 17.0. The van der Waals surface area contributed by atoms with Crippen LogP contribution in [-0.4, -0.2) is 36.7 Å². The Morgan fingerprint density at radius 1 is 0.370 bits per heavy atom. The van der Waals surface area contributed by atoms with E-state index in [9.17, 15) is 9.59 Å². The van der Waals surface area contributed by atoms with Crippen LogP contribution in [0, 0.1) is 5.92 Å². The van der Waals surface area contributed by atoms with E-state index in [1.807, 2.05) is 163 Å². The molecule has 15 heteroatoms. The molecule has 135 heavy (non-hydrogen) atoms. The van der Waals surface area contributed by atoms with Crippen molar-refractivity contribution in [3.63, 3.8) is 0 Å². The summed E-state index contributed by atoms with van der Waals surface area (Å²) in [5.41, 5.74) is 33.7. The van der Waals surface area contributed by atoms with E-state index in [1.165, 1.54) is 91.5 Å². The number of allylic oxidation sites excluding steroid dienone is 1. The molecule has 1 fully saturated rings. The first kappa shape index (κ1) is 100. The number of halogens is 6. The van der Waals surface area contributed by atoms with Crippen LogP contribution >= 0.6 is 84.1 Å². The van der Waals surface area contributed by atoms with Crippen molar-refractivity contribution < 1.29 is 43.9 Å². The molecule has 676 valence electrons. The van der Waals surface area contributed by atoms with E-state index in [4.69, 9.17) is 15.7 Å². The third-order valence-corrected chi connectivity index (χ3v) is 25.3. The smallest absolute Gasteiger partial charge is 0.0715 e. The molecule has 8 nitrogen and oxygen atoms in total. The summed E-state index contributed by atoms with van der Waals surface area (Å²) in [4.78, 5) is 33.8. The van der Waals surface area contributed by atoms with E-state index >= 15 is 0 Å². The van der Waals surface area contributed by atoms with Crippen LogP contribution in [0.1, 0.15) is 84.9 Å². The van der Waals surface area contributed by atoms with Gasteiger partial charge in [-0.1, -0.05) is 414 Å². The number of ketones is 2. The Labute approximate surface area is 856 Å². The van der Waals surface area contributed by atoms with Crippen LogP contribution in [-0.2, 0) is 25.7 Å². The van der Waals surface area contributed by atoms with E-state index in [1.54, 1.807) is 26.4 Å². The van der Waals surface area contributed by atoms with E-state index in [0.29, 0.717) is 18.2 Å². The number of Topliss-reactive ketones (excluding diaryl/α,β-unsaturated/α-hetero) is 1. The standard InChI is InChI=1S/C47H31N3.C23H15Br2N.C15H10Br2O.C13H12NO.C13H10.C7H15N.2CH4.BrH.Cu.HI/c1-3-15-32(16-4-1)42-29-35(30-43(48-42)33-17-5-2-6-18-33)34-27-36(49-44-23-11-7-19-38(44)39-20-8-12-24-45(39)49)31-37(28-34)50-46-25-13-9-21-40(46)41-22-10-14-26-47(41)50;24-20-11-18(12-21(25)15-20)19-13-22(16-7-3-1-4-8-16)26-23(14-19)17-9-5-2-6-10-17;16-13-8-11(9-14(17)10-13)6-7-15(18)12-4-2-1-3-5-12;15-13(12-7-3-1-4-8-12)11-14-9-5-2-6-10-14;1-3-7-12-10(5-1)9-11-6-2-4-8-13(11)12;1-6-4-2-3-5-7(6)8;;;;;/h1-31H;1-15H;1-10H;1-10H,11H2;1-8H,9H2;6-7H,2-5,8H2,1H3;2*1H4;1H;;1H/q;;;+1;;;;;;+1;/p-2/b;;7-6+;;;;;;;;/t;;;;;6-,7-;;;;;/m.....1...../s1. The monoisotopic (exact) mass is 2240 g/mol. The van der Waals surface area contributed by atoms with Crippen LogP contribution in [0.15, 0.2) is 461 Å². The maximum atomic E-state index is 11.9. The molecule has 20 aromatic rings. The number of fused-ring (bicyclic) bond motifs is 9. The molecular formula is C120H101Br5CuIN6O2. The van der Waals surface area contributed by atoms with Crippen molar-refractivity contribution >= 4 is 145 Å². The predicted octanol–water partition coefficient (Wildman–Crippen LogP) is 30.8. The van der Waals surface area contributed by atoms with Crippen molar-refractivity contribution in [3.8, 4) is 89.8 Å². The molecule has 0 saturated heterocycles. The van der Waals surface area contributed by atoms with Gasteiger partial charge in [-0.2, -0.15) is 4.57 Å². The number of hydrogen-bond donors (Lipinski definition) is 1. The van der Waals surface area contributed by atoms with Crippen LogP contribution in [0.3, 0.4) is 0 Å². The number of rotatable bonds is 14. The number of nitrogens with zero attached hydrogens (tertiary/aromatic N) is 5. The molecule has 2 aliphatic carbocycles. The summed E-state index contributed by atoms with van der Waals surface area (Å²) in [5.74, 6) is 0.919. The van der Waals surface area contributed by atoms with Crippen molar-refractivity contribution in [2.75, 3.05) is 0 Å². The zero-order valence-corrected chi connectivity index (χ0v) is 83.8. The Kier molecular flexibility index (Phi) is 36.9. The molecule has 15 aromatic carbocycles. The third-order valence-electron chi connectivity index (χ3n) is 23.5. The average Bonchev–Trinajstić information content (AvgIpc) is 1.58. The van der Waals surface area contributed by atoms with E-state index in [0.717, 1.165) is 120 Å². The number of hydrogen-bond acceptors (Lipinski definition) is 5. The third kappa shape index (κ3) is 25.6. The van der Waals surface area contributed by atoms with Gasteiger partial charge in [0.25, 0.3) is 0 Å². The molecule has 0 radical (unpaired) electrons. The normalized spacial score (nSPS) is 12.5. The second kappa shape index (κ2) is 49.5. The molecule has 0 unspecified atom stereocenters. The van der Waals surface area contributed by atoms with E-state index < -0.39 is 0 Å². The van der Waals surface area contributed by atoms with Gasteiger partial charge in [0.2, 0.25) is 12.3 Å². The number of para-hydroxylation sites is 4. The summed E-state index contributed by atoms with van der Waals surface area (Å²) in [7, 11) is 0. The molecule has 2 atom stereocenters. The molecule has 22 rings (SSSR count). The number of pyridine rings is 3. The number of benzene rings is 15. The molecule has 0 aliphatic heterocycles. The van der Waals surface area contributed by atoms with Crippen LogP contribution in [0.5, 0.6) is 0 Å². The molecule has 0 bridgehead atoms. The summed E-state index contributed by atoms with van der Waals surface area (Å²) in [5, 5.41) is 4.98. The van der Waals surface area contributed by atoms with Gasteiger partial charge in [-0.15, -0.1) is 0 Å². The Hall–Kier alpha value is -12.0. The fraction of sp³-hybridized carbons (Fsp3) is 0.0917. The van der Waals surface area contributed by atoms with Crippen LogP contribution in [0.25, 0.3) is 139 Å². The van der Waals surface area contributed by atoms with E-state index in [2.05, 4.69) is 378 Å². The molecule has 0 amide bonds. The quantitative estimate of drug-likeness (QED) is 0.0384. The van der Waals surface area contributed by atoms with Gasteiger partial charge in [0.05, 0.1) is 44.8 Å². The molecule has 1 saturated carbocycles. The maximum absolute atomic E-state index is 11.9. The zero-order chi connectivity index (χ0) is 91.1. The Morgan fingerprint density at radius 3 is 1.05 bits per heavy atom. The van der Waals surface area contributed by atoms with Crippen molar-refractivity contribution in [1.29, 1.82) is 0 Å². The van der Waals surface area contributed by atoms with Gasteiger partial charge in [-0.3, -0.25) is 9.59 Å². The second-order valence-corrected chi connectivity index (χ2v) is 36.0. The SMILES string of the molecule is Brc1cc(Br)cc(-c2cc(-c3ccccc3)nc(-c3ccccc3)c2)c1.C.C.C[C@@H]1CCCC[C@H]1N.O=C(/C=C/c1cc(Br)cc(Br)c1)c1ccccc1.O=C(C[n+]1ccccc1)c1ccccc1.[Br-].[Cu][I].c1ccc(-c2cc(-c3cc(-n4c5ccccc5c5ccccc54)cc(-n4c5ccccc5c5ccccc54)c3)cc(-c3ccccc3)n2)cc1.c1ccc2c(c1)Cc1ccccc1-2. The number of carbonyl (C=O) groups is 2. The van der Waals surface area contributed by atoms with Gasteiger partial charge in [0.1, 0.15) is 0 Å². The average molecular weight is 2250 g/mol. The van der Waals surface area contributed by atoms with Gasteiger partial charge in [-0.25, -0.2) is 9.97 Å². The number of nitrogens with two attached hydrogens (primary N) is 1. The minimum absolute atomic E-state index is 0. The second-order valence-electron chi connectivity index (χ2n) is 32.4. The molecule has 2 N–H and O–H groups in total. The van der Waals surface area contributed by atoms with Crippen LogP contribution < -0.4 is 27.3 Å². The van der Waals surface area contributed by atoms with Crippen LogP contribution in [0.2, 0.25) is 0 Å². The van der Waals surface area contributed by atoms with E-state index in [-0.39, 0.29) is 43.4 Å². The summed E-state index contributed by atoms with van der Waals surface area (Å²) in [6.45, 7) is 2.65. The van der Waals surface area contributed by atoms with Crippen molar-refractivity contribution in [1.82, 2.24) is 19.1 Å².